The van der Waals surface area contributed by atoms with Crippen LogP contribution in [0.5, 0.6) is 0 Å². The van der Waals surface area contributed by atoms with Crippen molar-refractivity contribution in [1.82, 2.24) is 15.1 Å². The molecule has 0 aliphatic carbocycles. The van der Waals surface area contributed by atoms with Crippen LogP contribution in [0, 0.1) is 5.41 Å². The van der Waals surface area contributed by atoms with E-state index in [1.54, 1.807) is 34.1 Å². The largest absolute Gasteiger partial charge is 0.355 e. The van der Waals surface area contributed by atoms with E-state index in [1.807, 2.05) is 0 Å². The average Bonchev–Trinajstić information content (AvgIpc) is 2.81. The second-order valence-corrected chi connectivity index (χ2v) is 7.19. The van der Waals surface area contributed by atoms with E-state index < -0.39 is 5.41 Å². The summed E-state index contributed by atoms with van der Waals surface area (Å²) in [6, 6.07) is 6.63. The quantitative estimate of drug-likeness (QED) is 0.793. The Hall–Kier alpha value is -2.28. The molecule has 2 saturated heterocycles. The van der Waals surface area contributed by atoms with E-state index >= 15 is 0 Å². The molecule has 4 amide bonds. The third-order valence-electron chi connectivity index (χ3n) is 4.72. The Labute approximate surface area is 151 Å². The first-order valence-electron chi connectivity index (χ1n) is 8.21. The Balaban J connectivity index is 1.76. The van der Waals surface area contributed by atoms with Crippen molar-refractivity contribution in [1.29, 1.82) is 0 Å². The molecule has 1 aromatic carbocycles. The van der Waals surface area contributed by atoms with Gasteiger partial charge in [0.25, 0.3) is 0 Å². The van der Waals surface area contributed by atoms with Crippen LogP contribution >= 0.6 is 11.6 Å². The highest BCUT2D eigenvalue weighted by molar-refractivity contribution is 6.30. The molecular weight excluding hydrogens is 344 g/mol. The number of urea groups is 1. The van der Waals surface area contributed by atoms with E-state index in [0.29, 0.717) is 49.9 Å². The number of nitrogens with one attached hydrogen (secondary N) is 2. The average molecular weight is 365 g/mol. The molecule has 0 radical (unpaired) electrons. The lowest BCUT2D eigenvalue weighted by atomic mass is 9.86. The number of amides is 4. The molecular formula is C17H21ClN4O3. The highest BCUT2D eigenvalue weighted by Gasteiger charge is 2.44. The van der Waals surface area contributed by atoms with Crippen molar-refractivity contribution in [2.75, 3.05) is 38.0 Å². The summed E-state index contributed by atoms with van der Waals surface area (Å²) in [5.74, 6) is -0.0813. The van der Waals surface area contributed by atoms with Crippen molar-refractivity contribution < 1.29 is 14.4 Å². The second kappa shape index (κ2) is 6.92. The number of nitrogens with zero attached hydrogens (tertiary/aromatic N) is 2. The maximum absolute atomic E-state index is 12.7. The summed E-state index contributed by atoms with van der Waals surface area (Å²) < 4.78 is 0. The van der Waals surface area contributed by atoms with Gasteiger partial charge < -0.3 is 20.4 Å². The highest BCUT2D eigenvalue weighted by atomic mass is 35.5. The minimum atomic E-state index is -0.434. The van der Waals surface area contributed by atoms with Crippen LogP contribution in [-0.4, -0.2) is 60.4 Å². The number of carbonyl (C=O) groups excluding carboxylic acids is 3. The highest BCUT2D eigenvalue weighted by Crippen LogP contribution is 2.31. The SMILES string of the molecule is CC(=O)N1CCN(C(=O)Nc2ccc(Cl)cc2)C[C@]2(CNC(=O)C2)C1. The van der Waals surface area contributed by atoms with Crippen molar-refractivity contribution in [3.63, 3.8) is 0 Å². The fraction of sp³-hybridized carbons (Fsp3) is 0.471. The normalized spacial score (nSPS) is 23.4. The molecule has 0 bridgehead atoms. The molecule has 25 heavy (non-hydrogen) atoms. The Morgan fingerprint density at radius 2 is 1.80 bits per heavy atom. The van der Waals surface area contributed by atoms with Gasteiger partial charge in [-0.25, -0.2) is 4.79 Å². The zero-order chi connectivity index (χ0) is 18.0. The van der Waals surface area contributed by atoms with Crippen LogP contribution in [0.2, 0.25) is 5.02 Å². The molecule has 2 heterocycles. The van der Waals surface area contributed by atoms with Gasteiger partial charge in [0.15, 0.2) is 0 Å². The van der Waals surface area contributed by atoms with Gasteiger partial charge in [-0.3, -0.25) is 9.59 Å². The van der Waals surface area contributed by atoms with Gasteiger partial charge in [-0.05, 0) is 24.3 Å². The zero-order valence-corrected chi connectivity index (χ0v) is 14.8. The maximum Gasteiger partial charge on any atom is 0.321 e. The fourth-order valence-corrected chi connectivity index (χ4v) is 3.54. The van der Waals surface area contributed by atoms with Crippen molar-refractivity contribution in [3.8, 4) is 0 Å². The van der Waals surface area contributed by atoms with E-state index in [-0.39, 0.29) is 17.8 Å². The minimum Gasteiger partial charge on any atom is -0.355 e. The summed E-state index contributed by atoms with van der Waals surface area (Å²) in [5.41, 5.74) is 0.216. The predicted octanol–water partition coefficient (Wildman–Crippen LogP) is 1.54. The molecule has 0 unspecified atom stereocenters. The number of halogens is 1. The third kappa shape index (κ3) is 4.04. The molecule has 3 rings (SSSR count). The van der Waals surface area contributed by atoms with Crippen molar-refractivity contribution in [3.05, 3.63) is 29.3 Å². The number of rotatable bonds is 1. The van der Waals surface area contributed by atoms with Crippen LogP contribution in [0.25, 0.3) is 0 Å². The number of hydrogen-bond acceptors (Lipinski definition) is 3. The number of anilines is 1. The molecule has 2 N–H and O–H groups in total. The van der Waals surface area contributed by atoms with E-state index in [2.05, 4.69) is 10.6 Å². The van der Waals surface area contributed by atoms with Gasteiger partial charge >= 0.3 is 6.03 Å². The van der Waals surface area contributed by atoms with Gasteiger partial charge in [-0.2, -0.15) is 0 Å². The van der Waals surface area contributed by atoms with E-state index in [1.165, 1.54) is 6.92 Å². The summed E-state index contributed by atoms with van der Waals surface area (Å²) in [6.45, 7) is 3.77. The minimum absolute atomic E-state index is 0.0385. The van der Waals surface area contributed by atoms with Gasteiger partial charge in [0, 0.05) is 62.2 Å². The maximum atomic E-state index is 12.7. The molecule has 2 aliphatic heterocycles. The summed E-state index contributed by atoms with van der Waals surface area (Å²) in [4.78, 5) is 39.7. The van der Waals surface area contributed by atoms with Crippen LogP contribution in [0.1, 0.15) is 13.3 Å². The summed E-state index contributed by atoms with van der Waals surface area (Å²) >= 11 is 5.86. The van der Waals surface area contributed by atoms with E-state index in [4.69, 9.17) is 11.6 Å². The lowest BCUT2D eigenvalue weighted by molar-refractivity contribution is -0.130. The molecule has 0 aromatic heterocycles. The molecule has 1 aromatic rings. The first-order chi connectivity index (χ1) is 11.9. The molecule has 7 nitrogen and oxygen atoms in total. The first-order valence-corrected chi connectivity index (χ1v) is 8.58. The van der Waals surface area contributed by atoms with Gasteiger partial charge in [-0.1, -0.05) is 11.6 Å². The van der Waals surface area contributed by atoms with Crippen LogP contribution in [0.4, 0.5) is 10.5 Å². The molecule has 0 saturated carbocycles. The Bertz CT molecular complexity index is 694. The number of hydrogen-bond donors (Lipinski definition) is 2. The molecule has 8 heteroatoms. The monoisotopic (exact) mass is 364 g/mol. The van der Waals surface area contributed by atoms with Gasteiger partial charge in [0.1, 0.15) is 0 Å². The predicted molar refractivity (Wildman–Crippen MR) is 94.4 cm³/mol. The number of benzene rings is 1. The molecule has 2 fully saturated rings. The van der Waals surface area contributed by atoms with Crippen molar-refractivity contribution in [2.45, 2.75) is 13.3 Å². The topological polar surface area (TPSA) is 81.8 Å². The Kier molecular flexibility index (Phi) is 4.85. The zero-order valence-electron chi connectivity index (χ0n) is 14.0. The lowest BCUT2D eigenvalue weighted by Gasteiger charge is -2.32. The van der Waals surface area contributed by atoms with E-state index in [9.17, 15) is 14.4 Å². The fourth-order valence-electron chi connectivity index (χ4n) is 3.41. The van der Waals surface area contributed by atoms with Crippen LogP contribution < -0.4 is 10.6 Å². The number of carbonyl (C=O) groups is 3. The Morgan fingerprint density at radius 1 is 1.16 bits per heavy atom. The van der Waals surface area contributed by atoms with Crippen LogP contribution in [0.3, 0.4) is 0 Å². The molecule has 1 atom stereocenters. The van der Waals surface area contributed by atoms with Gasteiger partial charge in [-0.15, -0.1) is 0 Å². The van der Waals surface area contributed by atoms with Crippen molar-refractivity contribution in [2.24, 2.45) is 5.41 Å². The van der Waals surface area contributed by atoms with Gasteiger partial charge in [0.2, 0.25) is 11.8 Å². The van der Waals surface area contributed by atoms with Gasteiger partial charge in [0.05, 0.1) is 0 Å². The Morgan fingerprint density at radius 3 is 2.40 bits per heavy atom. The van der Waals surface area contributed by atoms with Crippen LogP contribution in [-0.2, 0) is 9.59 Å². The first kappa shape index (κ1) is 17.5. The smallest absolute Gasteiger partial charge is 0.321 e. The van der Waals surface area contributed by atoms with Crippen LogP contribution in [0.15, 0.2) is 24.3 Å². The summed E-state index contributed by atoms with van der Waals surface area (Å²) in [7, 11) is 0. The standard InChI is InChI=1S/C17H21ClN4O3/c1-12(23)21-6-7-22(11-17(10-21)8-15(24)19-9-17)16(25)20-14-4-2-13(18)3-5-14/h2-5H,6-11H2,1H3,(H,19,24)(H,20,25)/t17-/m1/s1. The molecule has 134 valence electrons. The third-order valence-corrected chi connectivity index (χ3v) is 4.97. The lowest BCUT2D eigenvalue weighted by Crippen LogP contribution is -2.45. The molecule has 2 aliphatic rings. The summed E-state index contributed by atoms with van der Waals surface area (Å²) in [5, 5.41) is 6.28. The van der Waals surface area contributed by atoms with E-state index in [0.717, 1.165) is 0 Å². The van der Waals surface area contributed by atoms with Crippen molar-refractivity contribution >= 4 is 35.1 Å². The molecule has 1 spiro atoms. The summed E-state index contributed by atoms with van der Waals surface area (Å²) in [6.07, 6.45) is 0.321. The second-order valence-electron chi connectivity index (χ2n) is 6.75.